The summed E-state index contributed by atoms with van der Waals surface area (Å²) in [4.78, 5) is 22.5. The second-order valence-corrected chi connectivity index (χ2v) is 5.69. The molecule has 0 saturated heterocycles. The highest BCUT2D eigenvalue weighted by Crippen LogP contribution is 2.15. The maximum atomic E-state index is 12.5. The number of methoxy groups -OCH3 is 1. The number of carbonyl (C=O) groups excluding carboxylic acids is 1. The highest BCUT2D eigenvalue weighted by atomic mass is 16.5. The SMILES string of the molecule is COc1ccc(CNc2cnc(C(=O)N(C)c3ccccc3)cn2)cc1. The van der Waals surface area contributed by atoms with E-state index in [1.165, 1.54) is 6.20 Å². The van der Waals surface area contributed by atoms with Crippen molar-refractivity contribution in [2.75, 3.05) is 24.4 Å². The standard InChI is InChI=1S/C20H20N4O2/c1-24(16-6-4-3-5-7-16)20(25)18-13-23-19(14-21-18)22-12-15-8-10-17(26-2)11-9-15/h3-11,13-14H,12H2,1-2H3,(H,22,23). The van der Waals surface area contributed by atoms with Gasteiger partial charge in [-0.3, -0.25) is 4.79 Å². The summed E-state index contributed by atoms with van der Waals surface area (Å²) in [6.07, 6.45) is 3.05. The number of hydrogen-bond donors (Lipinski definition) is 1. The summed E-state index contributed by atoms with van der Waals surface area (Å²) < 4.78 is 5.14. The average Bonchev–Trinajstić information content (AvgIpc) is 2.72. The number of amides is 1. The van der Waals surface area contributed by atoms with Crippen LogP contribution in [0.25, 0.3) is 0 Å². The maximum Gasteiger partial charge on any atom is 0.278 e. The van der Waals surface area contributed by atoms with Gasteiger partial charge in [-0.15, -0.1) is 0 Å². The molecule has 6 heteroatoms. The molecule has 6 nitrogen and oxygen atoms in total. The fourth-order valence-electron chi connectivity index (χ4n) is 2.41. The molecule has 3 rings (SSSR count). The molecular formula is C20H20N4O2. The zero-order valence-electron chi connectivity index (χ0n) is 14.7. The summed E-state index contributed by atoms with van der Waals surface area (Å²) in [6.45, 7) is 0.607. The molecule has 1 aromatic heterocycles. The van der Waals surface area contributed by atoms with Crippen molar-refractivity contribution in [3.63, 3.8) is 0 Å². The number of rotatable bonds is 6. The predicted octanol–water partition coefficient (Wildman–Crippen LogP) is 3.37. The van der Waals surface area contributed by atoms with E-state index in [1.54, 1.807) is 25.3 Å². The molecule has 0 fully saturated rings. The van der Waals surface area contributed by atoms with Crippen molar-refractivity contribution in [1.82, 2.24) is 9.97 Å². The second kappa shape index (κ2) is 8.11. The van der Waals surface area contributed by atoms with Gasteiger partial charge in [-0.1, -0.05) is 30.3 Å². The molecule has 1 heterocycles. The van der Waals surface area contributed by atoms with Crippen molar-refractivity contribution in [2.45, 2.75) is 6.54 Å². The first kappa shape index (κ1) is 17.4. The molecule has 1 N–H and O–H groups in total. The number of nitrogens with zero attached hydrogens (tertiary/aromatic N) is 3. The van der Waals surface area contributed by atoms with E-state index in [2.05, 4.69) is 15.3 Å². The van der Waals surface area contributed by atoms with Crippen LogP contribution in [-0.2, 0) is 6.54 Å². The number of aromatic nitrogens is 2. The number of carbonyl (C=O) groups is 1. The Labute approximate surface area is 152 Å². The van der Waals surface area contributed by atoms with E-state index in [0.29, 0.717) is 18.1 Å². The van der Waals surface area contributed by atoms with Crippen LogP contribution in [0.1, 0.15) is 16.1 Å². The third-order valence-electron chi connectivity index (χ3n) is 3.95. The van der Waals surface area contributed by atoms with Crippen LogP contribution in [0, 0.1) is 0 Å². The molecule has 0 aliphatic rings. The third-order valence-corrected chi connectivity index (χ3v) is 3.95. The molecule has 1 amide bonds. The molecular weight excluding hydrogens is 328 g/mol. The first-order valence-corrected chi connectivity index (χ1v) is 8.19. The quantitative estimate of drug-likeness (QED) is 0.740. The van der Waals surface area contributed by atoms with Gasteiger partial charge in [0.25, 0.3) is 5.91 Å². The predicted molar refractivity (Wildman–Crippen MR) is 102 cm³/mol. The highest BCUT2D eigenvalue weighted by molar-refractivity contribution is 6.04. The van der Waals surface area contributed by atoms with Gasteiger partial charge < -0.3 is 15.0 Å². The van der Waals surface area contributed by atoms with Gasteiger partial charge in [0.2, 0.25) is 0 Å². The maximum absolute atomic E-state index is 12.5. The molecule has 0 atom stereocenters. The zero-order valence-corrected chi connectivity index (χ0v) is 14.7. The lowest BCUT2D eigenvalue weighted by Crippen LogP contribution is -2.27. The van der Waals surface area contributed by atoms with Gasteiger partial charge in [-0.05, 0) is 29.8 Å². The van der Waals surface area contributed by atoms with Crippen LogP contribution >= 0.6 is 0 Å². The minimum atomic E-state index is -0.203. The Hall–Kier alpha value is -3.41. The van der Waals surface area contributed by atoms with Gasteiger partial charge in [0.1, 0.15) is 17.3 Å². The van der Waals surface area contributed by atoms with E-state index in [1.807, 2.05) is 54.6 Å². The fourth-order valence-corrected chi connectivity index (χ4v) is 2.41. The molecule has 3 aromatic rings. The molecule has 0 radical (unpaired) electrons. The van der Waals surface area contributed by atoms with Crippen molar-refractivity contribution in [3.05, 3.63) is 78.2 Å². The third kappa shape index (κ3) is 4.16. The average molecular weight is 348 g/mol. The van der Waals surface area contributed by atoms with Crippen molar-refractivity contribution in [1.29, 1.82) is 0 Å². The summed E-state index contributed by atoms with van der Waals surface area (Å²) in [5.74, 6) is 1.23. The van der Waals surface area contributed by atoms with Gasteiger partial charge in [-0.25, -0.2) is 9.97 Å². The lowest BCUT2D eigenvalue weighted by molar-refractivity contribution is 0.0988. The topological polar surface area (TPSA) is 67.3 Å². The molecule has 0 aliphatic heterocycles. The highest BCUT2D eigenvalue weighted by Gasteiger charge is 2.15. The van der Waals surface area contributed by atoms with E-state index in [9.17, 15) is 4.79 Å². The minimum Gasteiger partial charge on any atom is -0.497 e. The van der Waals surface area contributed by atoms with Crippen LogP contribution in [0.3, 0.4) is 0 Å². The lowest BCUT2D eigenvalue weighted by Gasteiger charge is -2.16. The van der Waals surface area contributed by atoms with Crippen molar-refractivity contribution < 1.29 is 9.53 Å². The van der Waals surface area contributed by atoms with E-state index in [0.717, 1.165) is 17.0 Å². The van der Waals surface area contributed by atoms with E-state index in [4.69, 9.17) is 4.74 Å². The normalized spacial score (nSPS) is 10.2. The molecule has 0 unspecified atom stereocenters. The summed E-state index contributed by atoms with van der Waals surface area (Å²) in [6, 6.07) is 17.2. The Bertz CT molecular complexity index is 849. The Morgan fingerprint density at radius 2 is 1.77 bits per heavy atom. The van der Waals surface area contributed by atoms with Gasteiger partial charge in [-0.2, -0.15) is 0 Å². The minimum absolute atomic E-state index is 0.203. The van der Waals surface area contributed by atoms with Crippen LogP contribution in [0.5, 0.6) is 5.75 Å². The van der Waals surface area contributed by atoms with E-state index in [-0.39, 0.29) is 5.91 Å². The van der Waals surface area contributed by atoms with Crippen molar-refractivity contribution in [2.24, 2.45) is 0 Å². The van der Waals surface area contributed by atoms with Crippen molar-refractivity contribution >= 4 is 17.4 Å². The lowest BCUT2D eigenvalue weighted by atomic mass is 10.2. The number of hydrogen-bond acceptors (Lipinski definition) is 5. The number of ether oxygens (including phenoxy) is 1. The molecule has 0 aliphatic carbocycles. The van der Waals surface area contributed by atoms with E-state index >= 15 is 0 Å². The Kier molecular flexibility index (Phi) is 5.43. The number of benzene rings is 2. The smallest absolute Gasteiger partial charge is 0.278 e. The summed E-state index contributed by atoms with van der Waals surface area (Å²) in [5, 5.41) is 3.19. The van der Waals surface area contributed by atoms with Crippen LogP contribution in [-0.4, -0.2) is 30.0 Å². The molecule has 26 heavy (non-hydrogen) atoms. The fraction of sp³-hybridized carbons (Fsp3) is 0.150. The van der Waals surface area contributed by atoms with Crippen LogP contribution in [0.4, 0.5) is 11.5 Å². The van der Waals surface area contributed by atoms with Crippen molar-refractivity contribution in [3.8, 4) is 5.75 Å². The Morgan fingerprint density at radius 1 is 1.04 bits per heavy atom. The van der Waals surface area contributed by atoms with Gasteiger partial charge in [0.15, 0.2) is 0 Å². The molecule has 0 bridgehead atoms. The summed E-state index contributed by atoms with van der Waals surface area (Å²) >= 11 is 0. The molecule has 132 valence electrons. The van der Waals surface area contributed by atoms with Crippen LogP contribution in [0.15, 0.2) is 67.0 Å². The number of nitrogens with one attached hydrogen (secondary N) is 1. The largest absolute Gasteiger partial charge is 0.497 e. The monoisotopic (exact) mass is 348 g/mol. The summed E-state index contributed by atoms with van der Waals surface area (Å²) in [7, 11) is 3.36. The second-order valence-electron chi connectivity index (χ2n) is 5.69. The van der Waals surface area contributed by atoms with E-state index < -0.39 is 0 Å². The van der Waals surface area contributed by atoms with Crippen LogP contribution < -0.4 is 15.0 Å². The molecule has 0 spiro atoms. The molecule has 0 saturated carbocycles. The Balaban J connectivity index is 1.61. The first-order valence-electron chi connectivity index (χ1n) is 8.19. The zero-order chi connectivity index (χ0) is 18.4. The summed E-state index contributed by atoms with van der Waals surface area (Å²) in [5.41, 5.74) is 2.20. The first-order chi connectivity index (χ1) is 12.7. The van der Waals surface area contributed by atoms with Gasteiger partial charge in [0.05, 0.1) is 19.5 Å². The number of anilines is 2. The van der Waals surface area contributed by atoms with Gasteiger partial charge >= 0.3 is 0 Å². The van der Waals surface area contributed by atoms with Gasteiger partial charge in [0, 0.05) is 19.3 Å². The van der Waals surface area contributed by atoms with Crippen LogP contribution in [0.2, 0.25) is 0 Å². The molecule has 2 aromatic carbocycles. The Morgan fingerprint density at radius 3 is 2.38 bits per heavy atom. The number of para-hydroxylation sites is 1.